The molecule has 0 aromatic heterocycles. The van der Waals surface area contributed by atoms with E-state index in [0.29, 0.717) is 24.5 Å². The monoisotopic (exact) mass is 392 g/mol. The summed E-state index contributed by atoms with van der Waals surface area (Å²) in [5.74, 6) is 1.78. The van der Waals surface area contributed by atoms with Gasteiger partial charge in [0, 0.05) is 0 Å². The van der Waals surface area contributed by atoms with Crippen molar-refractivity contribution < 1.29 is 13.5 Å². The smallest absolute Gasteiger partial charge is 0.200 e. The standard InChI is InChI=1S/C25H38F2O/c1-3-5-18-7-11-20(12-8-18)21-13-9-19(10-14-21)17-28-23-16-15-22(6-4-2)24(26)25(23)27/h15-16,18-21H,3-14,17H2,1-2H3. The molecule has 0 radical (unpaired) electrons. The molecule has 0 unspecified atom stereocenters. The number of benzene rings is 1. The van der Waals surface area contributed by atoms with Gasteiger partial charge in [0.25, 0.3) is 0 Å². The summed E-state index contributed by atoms with van der Waals surface area (Å²) in [7, 11) is 0. The van der Waals surface area contributed by atoms with E-state index in [0.717, 1.165) is 37.0 Å². The van der Waals surface area contributed by atoms with E-state index >= 15 is 0 Å². The van der Waals surface area contributed by atoms with Crippen molar-refractivity contribution in [3.63, 3.8) is 0 Å². The lowest BCUT2D eigenvalue weighted by Gasteiger charge is -2.37. The van der Waals surface area contributed by atoms with Crippen LogP contribution in [0.3, 0.4) is 0 Å². The molecule has 2 aliphatic rings. The summed E-state index contributed by atoms with van der Waals surface area (Å²) in [6, 6.07) is 3.27. The Morgan fingerprint density at radius 2 is 1.39 bits per heavy atom. The van der Waals surface area contributed by atoms with E-state index in [2.05, 4.69) is 6.92 Å². The van der Waals surface area contributed by atoms with Crippen LogP contribution >= 0.6 is 0 Å². The first-order valence-corrected chi connectivity index (χ1v) is 11.7. The first-order valence-electron chi connectivity index (χ1n) is 11.7. The highest BCUT2D eigenvalue weighted by atomic mass is 19.2. The van der Waals surface area contributed by atoms with Crippen molar-refractivity contribution >= 4 is 0 Å². The minimum atomic E-state index is -0.816. The van der Waals surface area contributed by atoms with Gasteiger partial charge in [-0.1, -0.05) is 52.0 Å². The molecule has 0 heterocycles. The van der Waals surface area contributed by atoms with Crippen molar-refractivity contribution in [2.45, 2.75) is 90.9 Å². The average molecular weight is 393 g/mol. The Kier molecular flexibility index (Phi) is 8.17. The number of aryl methyl sites for hydroxylation is 1. The van der Waals surface area contributed by atoms with Crippen LogP contribution in [0.5, 0.6) is 5.75 Å². The lowest BCUT2D eigenvalue weighted by Crippen LogP contribution is -2.27. The Morgan fingerprint density at radius 1 is 0.786 bits per heavy atom. The van der Waals surface area contributed by atoms with E-state index in [-0.39, 0.29) is 5.75 Å². The molecule has 0 aliphatic heterocycles. The molecule has 0 amide bonds. The predicted octanol–water partition coefficient (Wildman–Crippen LogP) is 7.71. The SMILES string of the molecule is CCCc1ccc(OCC2CCC(C3CCC(CCC)CC3)CC2)c(F)c1F. The van der Waals surface area contributed by atoms with Gasteiger partial charge in [-0.3, -0.25) is 0 Å². The van der Waals surface area contributed by atoms with E-state index in [9.17, 15) is 8.78 Å². The van der Waals surface area contributed by atoms with Crippen LogP contribution in [-0.4, -0.2) is 6.61 Å². The van der Waals surface area contributed by atoms with E-state index in [1.165, 1.54) is 51.4 Å². The van der Waals surface area contributed by atoms with E-state index < -0.39 is 11.6 Å². The number of halogens is 2. The quantitative estimate of drug-likeness (QED) is 0.440. The van der Waals surface area contributed by atoms with E-state index in [1.807, 2.05) is 6.92 Å². The second-order valence-electron chi connectivity index (χ2n) is 9.26. The van der Waals surface area contributed by atoms with Crippen LogP contribution in [0.4, 0.5) is 8.78 Å². The highest BCUT2D eigenvalue weighted by Gasteiger charge is 2.31. The zero-order chi connectivity index (χ0) is 19.9. The van der Waals surface area contributed by atoms with Crippen molar-refractivity contribution in [3.05, 3.63) is 29.3 Å². The van der Waals surface area contributed by atoms with E-state index in [1.54, 1.807) is 12.1 Å². The fourth-order valence-corrected chi connectivity index (χ4v) is 5.54. The Hall–Kier alpha value is -1.12. The average Bonchev–Trinajstić information content (AvgIpc) is 2.72. The lowest BCUT2D eigenvalue weighted by atomic mass is 9.69. The molecule has 0 spiro atoms. The Labute approximate surface area is 170 Å². The highest BCUT2D eigenvalue weighted by molar-refractivity contribution is 5.31. The maximum atomic E-state index is 14.2. The third kappa shape index (κ3) is 5.48. The number of ether oxygens (including phenoxy) is 1. The molecular weight excluding hydrogens is 354 g/mol. The molecule has 1 aromatic rings. The maximum absolute atomic E-state index is 14.2. The number of hydrogen-bond acceptors (Lipinski definition) is 1. The Morgan fingerprint density at radius 3 is 1.96 bits per heavy atom. The van der Waals surface area contributed by atoms with Crippen molar-refractivity contribution in [1.82, 2.24) is 0 Å². The molecule has 0 saturated heterocycles. The van der Waals surface area contributed by atoms with Crippen molar-refractivity contribution in [3.8, 4) is 5.75 Å². The van der Waals surface area contributed by atoms with Crippen LogP contribution < -0.4 is 4.74 Å². The molecule has 3 heteroatoms. The van der Waals surface area contributed by atoms with Crippen LogP contribution in [0.25, 0.3) is 0 Å². The first-order chi connectivity index (χ1) is 13.6. The summed E-state index contributed by atoms with van der Waals surface area (Å²) in [5, 5.41) is 0. The summed E-state index contributed by atoms with van der Waals surface area (Å²) in [6.45, 7) is 4.78. The second-order valence-corrected chi connectivity index (χ2v) is 9.26. The summed E-state index contributed by atoms with van der Waals surface area (Å²) in [4.78, 5) is 0. The minimum Gasteiger partial charge on any atom is -0.490 e. The first kappa shape index (κ1) is 21.6. The molecule has 1 nitrogen and oxygen atoms in total. The van der Waals surface area contributed by atoms with Gasteiger partial charge >= 0.3 is 0 Å². The van der Waals surface area contributed by atoms with Crippen molar-refractivity contribution in [2.75, 3.05) is 6.61 Å². The topological polar surface area (TPSA) is 9.23 Å². The minimum absolute atomic E-state index is 0.0775. The van der Waals surface area contributed by atoms with Crippen LogP contribution in [0, 0.1) is 35.3 Å². The molecule has 28 heavy (non-hydrogen) atoms. The molecule has 1 aromatic carbocycles. The van der Waals surface area contributed by atoms with Gasteiger partial charge in [-0.2, -0.15) is 4.39 Å². The largest absolute Gasteiger partial charge is 0.490 e. The normalized spacial score (nSPS) is 28.3. The zero-order valence-electron chi connectivity index (χ0n) is 17.8. The van der Waals surface area contributed by atoms with Crippen LogP contribution in [0.2, 0.25) is 0 Å². The van der Waals surface area contributed by atoms with Crippen molar-refractivity contribution in [2.24, 2.45) is 23.7 Å². The third-order valence-electron chi connectivity index (χ3n) is 7.27. The van der Waals surface area contributed by atoms with E-state index in [4.69, 9.17) is 4.74 Å². The summed E-state index contributed by atoms with van der Waals surface area (Å²) < 4.78 is 34.0. The van der Waals surface area contributed by atoms with Crippen molar-refractivity contribution in [1.29, 1.82) is 0 Å². The molecular formula is C25H38F2O. The van der Waals surface area contributed by atoms with Gasteiger partial charge in [0.2, 0.25) is 5.82 Å². The zero-order valence-corrected chi connectivity index (χ0v) is 17.8. The van der Waals surface area contributed by atoms with Gasteiger partial charge in [0.1, 0.15) is 0 Å². The molecule has 2 fully saturated rings. The van der Waals surface area contributed by atoms with Gasteiger partial charge in [-0.05, 0) is 80.2 Å². The summed E-state index contributed by atoms with van der Waals surface area (Å²) >= 11 is 0. The lowest BCUT2D eigenvalue weighted by molar-refractivity contribution is 0.120. The molecule has 0 N–H and O–H groups in total. The fourth-order valence-electron chi connectivity index (χ4n) is 5.54. The molecule has 158 valence electrons. The molecule has 2 aliphatic carbocycles. The Bertz CT molecular complexity index is 599. The van der Waals surface area contributed by atoms with Gasteiger partial charge in [-0.15, -0.1) is 0 Å². The summed E-state index contributed by atoms with van der Waals surface area (Å²) in [6.07, 6.45) is 14.7. The van der Waals surface area contributed by atoms with Gasteiger partial charge in [0.15, 0.2) is 11.6 Å². The molecule has 3 rings (SSSR count). The van der Waals surface area contributed by atoms with Gasteiger partial charge in [-0.25, -0.2) is 4.39 Å². The Balaban J connectivity index is 1.42. The number of rotatable bonds is 8. The molecule has 2 saturated carbocycles. The number of hydrogen-bond donors (Lipinski definition) is 0. The van der Waals surface area contributed by atoms with Crippen LogP contribution in [0.1, 0.15) is 90.0 Å². The van der Waals surface area contributed by atoms with Crippen LogP contribution in [0.15, 0.2) is 12.1 Å². The van der Waals surface area contributed by atoms with Gasteiger partial charge in [0.05, 0.1) is 6.61 Å². The molecule has 0 atom stereocenters. The second kappa shape index (κ2) is 10.6. The highest BCUT2D eigenvalue weighted by Crippen LogP contribution is 2.42. The van der Waals surface area contributed by atoms with Gasteiger partial charge < -0.3 is 4.74 Å². The third-order valence-corrected chi connectivity index (χ3v) is 7.27. The fraction of sp³-hybridized carbons (Fsp3) is 0.760. The maximum Gasteiger partial charge on any atom is 0.200 e. The summed E-state index contributed by atoms with van der Waals surface area (Å²) in [5.41, 5.74) is 0.446. The van der Waals surface area contributed by atoms with Crippen LogP contribution in [-0.2, 0) is 6.42 Å². The molecule has 0 bridgehead atoms. The predicted molar refractivity (Wildman–Crippen MR) is 112 cm³/mol.